The van der Waals surface area contributed by atoms with Crippen molar-refractivity contribution in [2.45, 2.75) is 26.8 Å². The van der Waals surface area contributed by atoms with Crippen LogP contribution in [0.5, 0.6) is 0 Å². The third-order valence-electron chi connectivity index (χ3n) is 5.17. The van der Waals surface area contributed by atoms with Gasteiger partial charge in [-0.2, -0.15) is 4.98 Å². The van der Waals surface area contributed by atoms with Gasteiger partial charge in [0, 0.05) is 37.4 Å². The summed E-state index contributed by atoms with van der Waals surface area (Å²) in [5.41, 5.74) is 3.26. The molecular weight excluding hydrogens is 338 g/mol. The lowest BCUT2D eigenvalue weighted by molar-refractivity contribution is 0.164. The second-order valence-electron chi connectivity index (χ2n) is 7.16. The first kappa shape index (κ1) is 17.7. The van der Waals surface area contributed by atoms with Crippen molar-refractivity contribution >= 4 is 5.82 Å². The van der Waals surface area contributed by atoms with E-state index in [1.165, 1.54) is 5.56 Å². The fourth-order valence-corrected chi connectivity index (χ4v) is 3.42. The Hall–Kier alpha value is -2.73. The predicted octanol–water partition coefficient (Wildman–Crippen LogP) is 3.63. The zero-order chi connectivity index (χ0) is 18.8. The second-order valence-corrected chi connectivity index (χ2v) is 7.16. The molecule has 0 N–H and O–H groups in total. The average molecular weight is 363 g/mol. The van der Waals surface area contributed by atoms with Gasteiger partial charge in [-0.05, 0) is 32.9 Å². The molecule has 27 heavy (non-hydrogen) atoms. The Kier molecular flexibility index (Phi) is 4.90. The van der Waals surface area contributed by atoms with Gasteiger partial charge in [-0.3, -0.25) is 4.90 Å². The maximum Gasteiger partial charge on any atom is 0.244 e. The minimum absolute atomic E-state index is 0.101. The molecule has 2 aromatic heterocycles. The van der Waals surface area contributed by atoms with E-state index in [4.69, 9.17) is 4.52 Å². The molecule has 1 atom stereocenters. The maximum absolute atomic E-state index is 5.56. The molecule has 0 saturated carbocycles. The Balaban J connectivity index is 1.41. The standard InChI is InChI=1S/C21H25N5O/c1-15-7-9-18(10-8-15)20-23-21(27-24-20)17(3)25-11-13-26(14-12-25)19-6-4-5-16(2)22-19/h4-10,17H,11-14H2,1-3H3. The molecule has 1 fully saturated rings. The van der Waals surface area contributed by atoms with Gasteiger partial charge in [-0.1, -0.05) is 41.1 Å². The van der Waals surface area contributed by atoms with Gasteiger partial charge < -0.3 is 9.42 Å². The third-order valence-corrected chi connectivity index (χ3v) is 5.17. The summed E-state index contributed by atoms with van der Waals surface area (Å²) < 4.78 is 5.56. The van der Waals surface area contributed by atoms with E-state index in [1.54, 1.807) is 0 Å². The molecule has 0 spiro atoms. The van der Waals surface area contributed by atoms with Crippen molar-refractivity contribution < 1.29 is 4.52 Å². The van der Waals surface area contributed by atoms with Crippen LogP contribution in [0.15, 0.2) is 47.0 Å². The summed E-state index contributed by atoms with van der Waals surface area (Å²) in [6.07, 6.45) is 0. The third kappa shape index (κ3) is 3.85. The largest absolute Gasteiger partial charge is 0.354 e. The van der Waals surface area contributed by atoms with Crippen molar-refractivity contribution in [1.29, 1.82) is 0 Å². The van der Waals surface area contributed by atoms with Gasteiger partial charge in [0.25, 0.3) is 0 Å². The molecule has 0 amide bonds. The lowest BCUT2D eigenvalue weighted by Gasteiger charge is -2.37. The number of aromatic nitrogens is 3. The number of rotatable bonds is 4. The zero-order valence-corrected chi connectivity index (χ0v) is 16.1. The van der Waals surface area contributed by atoms with E-state index >= 15 is 0 Å². The first-order chi connectivity index (χ1) is 13.1. The molecule has 3 heterocycles. The Morgan fingerprint density at radius 1 is 0.926 bits per heavy atom. The maximum atomic E-state index is 5.56. The van der Waals surface area contributed by atoms with Crippen molar-refractivity contribution in [3.8, 4) is 11.4 Å². The molecule has 1 aliphatic rings. The first-order valence-electron chi connectivity index (χ1n) is 9.43. The molecule has 1 aromatic carbocycles. The minimum atomic E-state index is 0.101. The van der Waals surface area contributed by atoms with Crippen molar-refractivity contribution in [2.75, 3.05) is 31.1 Å². The predicted molar refractivity (Wildman–Crippen MR) is 106 cm³/mol. The van der Waals surface area contributed by atoms with E-state index in [-0.39, 0.29) is 6.04 Å². The molecule has 6 nitrogen and oxygen atoms in total. The van der Waals surface area contributed by atoms with Crippen LogP contribution >= 0.6 is 0 Å². The van der Waals surface area contributed by atoms with E-state index in [9.17, 15) is 0 Å². The van der Waals surface area contributed by atoms with Crippen LogP contribution in [0.25, 0.3) is 11.4 Å². The number of hydrogen-bond donors (Lipinski definition) is 0. The fourth-order valence-electron chi connectivity index (χ4n) is 3.42. The highest BCUT2D eigenvalue weighted by molar-refractivity contribution is 5.54. The average Bonchev–Trinajstić information content (AvgIpc) is 3.18. The van der Waals surface area contributed by atoms with Gasteiger partial charge in [-0.25, -0.2) is 4.98 Å². The van der Waals surface area contributed by atoms with Crippen LogP contribution in [-0.2, 0) is 0 Å². The highest BCUT2D eigenvalue weighted by Crippen LogP contribution is 2.24. The number of anilines is 1. The van der Waals surface area contributed by atoms with Gasteiger partial charge in [0.15, 0.2) is 0 Å². The van der Waals surface area contributed by atoms with Gasteiger partial charge in [0.1, 0.15) is 5.82 Å². The van der Waals surface area contributed by atoms with Gasteiger partial charge >= 0.3 is 0 Å². The van der Waals surface area contributed by atoms with E-state index in [1.807, 2.05) is 25.1 Å². The fraction of sp³-hybridized carbons (Fsp3) is 0.381. The van der Waals surface area contributed by atoms with Crippen molar-refractivity contribution in [2.24, 2.45) is 0 Å². The molecule has 6 heteroatoms. The number of pyridine rings is 1. The van der Waals surface area contributed by atoms with Crippen LogP contribution < -0.4 is 4.90 Å². The van der Waals surface area contributed by atoms with Crippen molar-refractivity contribution in [3.63, 3.8) is 0 Å². The summed E-state index contributed by atoms with van der Waals surface area (Å²) >= 11 is 0. The van der Waals surface area contributed by atoms with Crippen LogP contribution in [0.4, 0.5) is 5.82 Å². The molecule has 1 aliphatic heterocycles. The van der Waals surface area contributed by atoms with E-state index in [0.29, 0.717) is 11.7 Å². The van der Waals surface area contributed by atoms with Crippen LogP contribution in [-0.4, -0.2) is 46.2 Å². The topological polar surface area (TPSA) is 58.3 Å². The molecule has 4 rings (SSSR count). The Morgan fingerprint density at radius 3 is 2.37 bits per heavy atom. The summed E-state index contributed by atoms with van der Waals surface area (Å²) in [6.45, 7) is 10.0. The van der Waals surface area contributed by atoms with E-state index in [2.05, 4.69) is 63.0 Å². The molecule has 3 aromatic rings. The molecule has 0 bridgehead atoms. The number of piperazine rings is 1. The van der Waals surface area contributed by atoms with Gasteiger partial charge in [-0.15, -0.1) is 0 Å². The van der Waals surface area contributed by atoms with Crippen LogP contribution in [0, 0.1) is 13.8 Å². The Morgan fingerprint density at radius 2 is 1.67 bits per heavy atom. The van der Waals surface area contributed by atoms with Gasteiger partial charge in [0.05, 0.1) is 6.04 Å². The second kappa shape index (κ2) is 7.48. The zero-order valence-electron chi connectivity index (χ0n) is 16.1. The first-order valence-corrected chi connectivity index (χ1v) is 9.43. The lowest BCUT2D eigenvalue weighted by atomic mass is 10.1. The highest BCUT2D eigenvalue weighted by Gasteiger charge is 2.26. The van der Waals surface area contributed by atoms with Gasteiger partial charge in [0.2, 0.25) is 11.7 Å². The summed E-state index contributed by atoms with van der Waals surface area (Å²) in [6, 6.07) is 14.5. The number of benzene rings is 1. The molecule has 1 unspecified atom stereocenters. The smallest absolute Gasteiger partial charge is 0.244 e. The Labute approximate surface area is 159 Å². The summed E-state index contributed by atoms with van der Waals surface area (Å²) in [5, 5.41) is 4.17. The molecule has 140 valence electrons. The highest BCUT2D eigenvalue weighted by atomic mass is 16.5. The van der Waals surface area contributed by atoms with Crippen LogP contribution in [0.2, 0.25) is 0 Å². The van der Waals surface area contributed by atoms with Crippen molar-refractivity contribution in [1.82, 2.24) is 20.0 Å². The summed E-state index contributed by atoms with van der Waals surface area (Å²) in [4.78, 5) is 14.0. The number of nitrogens with zero attached hydrogens (tertiary/aromatic N) is 5. The molecular formula is C21H25N5O. The minimum Gasteiger partial charge on any atom is -0.354 e. The van der Waals surface area contributed by atoms with E-state index in [0.717, 1.165) is 43.3 Å². The SMILES string of the molecule is Cc1ccc(-c2noc(C(C)N3CCN(c4cccc(C)n4)CC3)n2)cc1. The summed E-state index contributed by atoms with van der Waals surface area (Å²) in [5.74, 6) is 2.38. The van der Waals surface area contributed by atoms with Crippen LogP contribution in [0.1, 0.15) is 30.1 Å². The lowest BCUT2D eigenvalue weighted by Crippen LogP contribution is -2.47. The molecule has 0 aliphatic carbocycles. The summed E-state index contributed by atoms with van der Waals surface area (Å²) in [7, 11) is 0. The Bertz CT molecular complexity index is 897. The van der Waals surface area contributed by atoms with Crippen LogP contribution in [0.3, 0.4) is 0 Å². The van der Waals surface area contributed by atoms with E-state index < -0.39 is 0 Å². The number of aryl methyl sites for hydroxylation is 2. The van der Waals surface area contributed by atoms with Crippen molar-refractivity contribution in [3.05, 3.63) is 59.6 Å². The molecule has 0 radical (unpaired) electrons. The number of hydrogen-bond acceptors (Lipinski definition) is 6. The normalized spacial score (nSPS) is 16.5. The molecule has 1 saturated heterocycles. The quantitative estimate of drug-likeness (QED) is 0.705. The monoisotopic (exact) mass is 363 g/mol.